The number of carbonyl (C=O) groups is 2. The van der Waals surface area contributed by atoms with E-state index in [0.29, 0.717) is 48.3 Å². The van der Waals surface area contributed by atoms with Gasteiger partial charge < -0.3 is 19.7 Å². The summed E-state index contributed by atoms with van der Waals surface area (Å²) in [5.41, 5.74) is 1.25. The summed E-state index contributed by atoms with van der Waals surface area (Å²) in [6.07, 6.45) is 3.00. The topological polar surface area (TPSA) is 67.9 Å². The lowest BCUT2D eigenvalue weighted by Gasteiger charge is -2.38. The average Bonchev–Trinajstić information content (AvgIpc) is 3.34. The molecular weight excluding hydrogens is 463 g/mol. The number of methoxy groups -OCH3 is 1. The summed E-state index contributed by atoms with van der Waals surface area (Å²) in [7, 11) is 1.64. The van der Waals surface area contributed by atoms with Crippen LogP contribution in [0.2, 0.25) is 10.0 Å². The second-order valence-electron chi connectivity index (χ2n) is 8.62. The zero-order chi connectivity index (χ0) is 23.4. The van der Waals surface area contributed by atoms with Gasteiger partial charge in [0.25, 0.3) is 5.91 Å². The molecule has 0 aromatic heterocycles. The number of ether oxygens (including phenoxy) is 2. The van der Waals surface area contributed by atoms with Gasteiger partial charge in [-0.15, -0.1) is 0 Å². The number of amides is 2. The van der Waals surface area contributed by atoms with Crippen molar-refractivity contribution in [2.45, 2.75) is 37.1 Å². The summed E-state index contributed by atoms with van der Waals surface area (Å²) in [6, 6.07) is 12.3. The van der Waals surface area contributed by atoms with Gasteiger partial charge in [-0.3, -0.25) is 9.59 Å². The summed E-state index contributed by atoms with van der Waals surface area (Å²) in [4.78, 5) is 28.0. The van der Waals surface area contributed by atoms with E-state index in [1.54, 1.807) is 30.2 Å². The lowest BCUT2D eigenvalue weighted by Crippen LogP contribution is -2.50. The highest BCUT2D eigenvalue weighted by Gasteiger charge is 2.38. The number of rotatable bonds is 6. The molecule has 4 rings (SSSR count). The maximum atomic E-state index is 13.2. The van der Waals surface area contributed by atoms with Crippen molar-refractivity contribution in [3.8, 4) is 5.75 Å². The Hall–Kier alpha value is -2.28. The summed E-state index contributed by atoms with van der Waals surface area (Å²) < 4.78 is 10.9. The number of hydrogen-bond acceptors (Lipinski definition) is 4. The van der Waals surface area contributed by atoms with Crippen LogP contribution in [0.15, 0.2) is 42.5 Å². The molecular formula is C25H28Cl2N2O4. The zero-order valence-corrected chi connectivity index (χ0v) is 20.1. The first-order valence-corrected chi connectivity index (χ1v) is 12.0. The lowest BCUT2D eigenvalue weighted by molar-refractivity contribution is -0.125. The average molecular weight is 491 g/mol. The summed E-state index contributed by atoms with van der Waals surface area (Å²) in [6.45, 7) is 2.28. The molecule has 1 N–H and O–H groups in total. The van der Waals surface area contributed by atoms with Crippen molar-refractivity contribution in [1.29, 1.82) is 0 Å². The quantitative estimate of drug-likeness (QED) is 0.648. The number of hydrogen-bond donors (Lipinski definition) is 1. The van der Waals surface area contributed by atoms with E-state index >= 15 is 0 Å². The highest BCUT2D eigenvalue weighted by atomic mass is 35.5. The number of nitrogens with one attached hydrogen (secondary N) is 1. The molecule has 0 aliphatic carbocycles. The van der Waals surface area contributed by atoms with Gasteiger partial charge in [0.15, 0.2) is 0 Å². The first-order chi connectivity index (χ1) is 15.9. The van der Waals surface area contributed by atoms with E-state index in [4.69, 9.17) is 32.7 Å². The lowest BCUT2D eigenvalue weighted by atomic mass is 9.74. The molecule has 0 bridgehead atoms. The molecule has 176 valence electrons. The minimum absolute atomic E-state index is 0.140. The van der Waals surface area contributed by atoms with Crippen LogP contribution in [-0.4, -0.2) is 56.2 Å². The van der Waals surface area contributed by atoms with Gasteiger partial charge in [-0.2, -0.15) is 0 Å². The molecule has 2 aliphatic heterocycles. The van der Waals surface area contributed by atoms with Crippen molar-refractivity contribution in [3.63, 3.8) is 0 Å². The largest absolute Gasteiger partial charge is 0.497 e. The van der Waals surface area contributed by atoms with Gasteiger partial charge in [-0.1, -0.05) is 35.3 Å². The molecule has 2 aromatic carbocycles. The number of halogens is 2. The Kier molecular flexibility index (Phi) is 7.47. The van der Waals surface area contributed by atoms with Crippen LogP contribution < -0.4 is 10.1 Å². The molecule has 1 atom stereocenters. The number of likely N-dealkylation sites (tertiary alicyclic amines) is 1. The van der Waals surface area contributed by atoms with Crippen LogP contribution >= 0.6 is 23.2 Å². The Labute approximate surface area is 204 Å². The molecule has 2 aliphatic rings. The van der Waals surface area contributed by atoms with Gasteiger partial charge in [0.2, 0.25) is 5.91 Å². The Balaban J connectivity index is 1.48. The van der Waals surface area contributed by atoms with Gasteiger partial charge in [-0.05, 0) is 61.6 Å². The van der Waals surface area contributed by atoms with Gasteiger partial charge >= 0.3 is 0 Å². The van der Waals surface area contributed by atoms with E-state index in [1.807, 2.05) is 12.1 Å². The van der Waals surface area contributed by atoms with E-state index < -0.39 is 6.04 Å². The summed E-state index contributed by atoms with van der Waals surface area (Å²) in [5.74, 6) is 0.388. The van der Waals surface area contributed by atoms with E-state index in [9.17, 15) is 9.59 Å². The van der Waals surface area contributed by atoms with E-state index in [2.05, 4.69) is 17.4 Å². The first kappa shape index (κ1) is 23.9. The van der Waals surface area contributed by atoms with Crippen LogP contribution in [0, 0.1) is 0 Å². The molecule has 0 saturated carbocycles. The second-order valence-corrected chi connectivity index (χ2v) is 9.46. The molecule has 2 fully saturated rings. The van der Waals surface area contributed by atoms with Crippen LogP contribution in [0.5, 0.6) is 5.75 Å². The Morgan fingerprint density at radius 3 is 2.58 bits per heavy atom. The van der Waals surface area contributed by atoms with Gasteiger partial charge in [-0.25, -0.2) is 0 Å². The molecule has 1 unspecified atom stereocenters. The molecule has 6 nitrogen and oxygen atoms in total. The third-order valence-corrected chi connectivity index (χ3v) is 7.29. The highest BCUT2D eigenvalue weighted by molar-refractivity contribution is 6.35. The number of carbonyl (C=O) groups excluding carboxylic acids is 2. The minimum atomic E-state index is -0.527. The van der Waals surface area contributed by atoms with Crippen LogP contribution in [-0.2, 0) is 14.9 Å². The van der Waals surface area contributed by atoms with Crippen LogP contribution in [0.4, 0.5) is 0 Å². The standard InChI is InChI=1S/C25H28Cl2N2O4/c1-32-19-7-4-17(5-8-19)25(10-13-33-14-11-25)16-28-23(30)22-3-2-12-29(22)24(31)20-15-18(26)6-9-21(20)27/h4-9,15,22H,2-3,10-14,16H2,1H3,(H,28,30). The van der Waals surface area contributed by atoms with Gasteiger partial charge in [0, 0.05) is 36.7 Å². The predicted octanol–water partition coefficient (Wildman–Crippen LogP) is 4.47. The van der Waals surface area contributed by atoms with Crippen molar-refractivity contribution in [2.24, 2.45) is 0 Å². The zero-order valence-electron chi connectivity index (χ0n) is 18.6. The van der Waals surface area contributed by atoms with Crippen molar-refractivity contribution < 1.29 is 19.1 Å². The highest BCUT2D eigenvalue weighted by Crippen LogP contribution is 2.35. The van der Waals surface area contributed by atoms with Crippen molar-refractivity contribution in [2.75, 3.05) is 33.4 Å². The summed E-state index contributed by atoms with van der Waals surface area (Å²) in [5, 5.41) is 3.91. The van der Waals surface area contributed by atoms with E-state index in [0.717, 1.165) is 30.6 Å². The monoisotopic (exact) mass is 490 g/mol. The molecule has 2 aromatic rings. The van der Waals surface area contributed by atoms with Crippen LogP contribution in [0.3, 0.4) is 0 Å². The fourth-order valence-corrected chi connectivity index (χ4v) is 5.12. The van der Waals surface area contributed by atoms with Crippen LogP contribution in [0.25, 0.3) is 0 Å². The molecule has 2 amide bonds. The maximum Gasteiger partial charge on any atom is 0.256 e. The molecule has 0 spiro atoms. The molecule has 8 heteroatoms. The number of benzene rings is 2. The first-order valence-electron chi connectivity index (χ1n) is 11.2. The fourth-order valence-electron chi connectivity index (χ4n) is 4.75. The van der Waals surface area contributed by atoms with Gasteiger partial charge in [0.05, 0.1) is 17.7 Å². The Morgan fingerprint density at radius 2 is 1.88 bits per heavy atom. The van der Waals surface area contributed by atoms with Crippen molar-refractivity contribution in [1.82, 2.24) is 10.2 Å². The minimum Gasteiger partial charge on any atom is -0.497 e. The SMILES string of the molecule is COc1ccc(C2(CNC(=O)C3CCCN3C(=O)c3cc(Cl)ccc3Cl)CCOCC2)cc1. The third-order valence-electron chi connectivity index (χ3n) is 6.73. The Morgan fingerprint density at radius 1 is 1.15 bits per heavy atom. The van der Waals surface area contributed by atoms with E-state index in [-0.39, 0.29) is 17.2 Å². The smallest absolute Gasteiger partial charge is 0.256 e. The van der Waals surface area contributed by atoms with Crippen molar-refractivity contribution in [3.05, 3.63) is 63.6 Å². The third kappa shape index (κ3) is 5.13. The molecule has 2 saturated heterocycles. The molecule has 2 heterocycles. The van der Waals surface area contributed by atoms with Crippen molar-refractivity contribution >= 4 is 35.0 Å². The Bertz CT molecular complexity index is 1010. The maximum absolute atomic E-state index is 13.2. The molecule has 0 radical (unpaired) electrons. The summed E-state index contributed by atoms with van der Waals surface area (Å²) >= 11 is 12.3. The predicted molar refractivity (Wildman–Crippen MR) is 128 cm³/mol. The number of nitrogens with zero attached hydrogens (tertiary/aromatic N) is 1. The second kappa shape index (κ2) is 10.3. The normalized spacial score (nSPS) is 19.8. The fraction of sp³-hybridized carbons (Fsp3) is 0.440. The van der Waals surface area contributed by atoms with Gasteiger partial charge in [0.1, 0.15) is 11.8 Å². The van der Waals surface area contributed by atoms with E-state index in [1.165, 1.54) is 0 Å². The molecule has 33 heavy (non-hydrogen) atoms. The van der Waals surface area contributed by atoms with Crippen LogP contribution in [0.1, 0.15) is 41.6 Å².